The summed E-state index contributed by atoms with van der Waals surface area (Å²) in [6, 6.07) is 21.8. The Kier molecular flexibility index (Phi) is 12.1. The molecule has 0 bridgehead atoms. The average Bonchev–Trinajstić information content (AvgIpc) is 2.88. The van der Waals surface area contributed by atoms with Crippen LogP contribution >= 0.6 is 46.6 Å². The molecule has 0 fully saturated rings. The highest BCUT2D eigenvalue weighted by Gasteiger charge is 2.30. The lowest BCUT2D eigenvalue weighted by molar-refractivity contribution is -0.139. The molecule has 0 unspecified atom stereocenters. The van der Waals surface area contributed by atoms with Gasteiger partial charge in [-0.25, -0.2) is 0 Å². The van der Waals surface area contributed by atoms with Crippen LogP contribution < -0.4 is 5.32 Å². The molecule has 37 heavy (non-hydrogen) atoms. The summed E-state index contributed by atoms with van der Waals surface area (Å²) in [6.07, 6.45) is 2.23. The Morgan fingerprint density at radius 1 is 0.919 bits per heavy atom. The summed E-state index contributed by atoms with van der Waals surface area (Å²) in [5.41, 5.74) is 2.75. The van der Waals surface area contributed by atoms with E-state index >= 15 is 0 Å². The molecule has 0 saturated carbocycles. The van der Waals surface area contributed by atoms with E-state index in [-0.39, 0.29) is 24.1 Å². The highest BCUT2D eigenvalue weighted by atomic mass is 35.5. The average molecular weight is 578 g/mol. The third-order valence-electron chi connectivity index (χ3n) is 5.84. The number of halogens is 3. The standard InChI is InChI=1S/C29H31Cl3N2O2S/c1-2-3-14-33-29(36)27(16-21-8-5-4-6-9-21)34(18-23-12-13-25(31)17-26(23)32)28(35)20-37-19-22-10-7-11-24(30)15-22/h4-13,15,17,27H,2-3,14,16,18-20H2,1H3,(H,33,36)/t27-/m1/s1. The van der Waals surface area contributed by atoms with Crippen LogP contribution in [-0.4, -0.2) is 35.1 Å². The summed E-state index contributed by atoms with van der Waals surface area (Å²) in [5.74, 6) is 0.541. The maximum absolute atomic E-state index is 13.7. The van der Waals surface area contributed by atoms with Crippen LogP contribution in [0.15, 0.2) is 72.8 Å². The van der Waals surface area contributed by atoms with Gasteiger partial charge in [0.1, 0.15) is 6.04 Å². The van der Waals surface area contributed by atoms with Crippen molar-refractivity contribution >= 4 is 58.4 Å². The number of rotatable bonds is 13. The zero-order chi connectivity index (χ0) is 26.6. The first kappa shape index (κ1) is 29.4. The molecular formula is C29H31Cl3N2O2S. The predicted octanol–water partition coefficient (Wildman–Crippen LogP) is 7.44. The fraction of sp³-hybridized carbons (Fsp3) is 0.310. The molecule has 196 valence electrons. The first-order valence-corrected chi connectivity index (χ1v) is 14.5. The van der Waals surface area contributed by atoms with Gasteiger partial charge in [0.15, 0.2) is 0 Å². The van der Waals surface area contributed by atoms with E-state index in [0.29, 0.717) is 33.8 Å². The summed E-state index contributed by atoms with van der Waals surface area (Å²) in [6.45, 7) is 2.84. The van der Waals surface area contributed by atoms with Gasteiger partial charge in [-0.3, -0.25) is 9.59 Å². The van der Waals surface area contributed by atoms with Gasteiger partial charge in [0.05, 0.1) is 5.75 Å². The lowest BCUT2D eigenvalue weighted by Gasteiger charge is -2.32. The lowest BCUT2D eigenvalue weighted by atomic mass is 10.0. The first-order valence-electron chi connectivity index (χ1n) is 12.2. The molecule has 4 nitrogen and oxygen atoms in total. The number of hydrogen-bond acceptors (Lipinski definition) is 3. The zero-order valence-corrected chi connectivity index (χ0v) is 23.8. The topological polar surface area (TPSA) is 49.4 Å². The minimum Gasteiger partial charge on any atom is -0.354 e. The van der Waals surface area contributed by atoms with Crippen LogP contribution in [0.2, 0.25) is 15.1 Å². The van der Waals surface area contributed by atoms with Crippen molar-refractivity contribution in [3.8, 4) is 0 Å². The molecule has 2 amide bonds. The molecule has 1 atom stereocenters. The fourth-order valence-corrected chi connectivity index (χ4v) is 5.40. The van der Waals surface area contributed by atoms with Crippen molar-refractivity contribution in [2.24, 2.45) is 0 Å². The van der Waals surface area contributed by atoms with Crippen LogP contribution in [0, 0.1) is 0 Å². The van der Waals surface area contributed by atoms with Gasteiger partial charge in [0.2, 0.25) is 11.8 Å². The minimum absolute atomic E-state index is 0.135. The number of nitrogens with one attached hydrogen (secondary N) is 1. The molecule has 8 heteroatoms. The highest BCUT2D eigenvalue weighted by Crippen LogP contribution is 2.25. The highest BCUT2D eigenvalue weighted by molar-refractivity contribution is 7.99. The van der Waals surface area contributed by atoms with E-state index in [1.165, 1.54) is 11.8 Å². The third kappa shape index (κ3) is 9.57. The smallest absolute Gasteiger partial charge is 0.243 e. The Morgan fingerprint density at radius 2 is 1.65 bits per heavy atom. The van der Waals surface area contributed by atoms with Gasteiger partial charge < -0.3 is 10.2 Å². The predicted molar refractivity (Wildman–Crippen MR) is 156 cm³/mol. The summed E-state index contributed by atoms with van der Waals surface area (Å²) >= 11 is 20.2. The van der Waals surface area contributed by atoms with Gasteiger partial charge in [-0.15, -0.1) is 11.8 Å². The van der Waals surface area contributed by atoms with Crippen LogP contribution in [0.3, 0.4) is 0 Å². The van der Waals surface area contributed by atoms with Gasteiger partial charge in [-0.2, -0.15) is 0 Å². The SMILES string of the molecule is CCCCNC(=O)[C@@H](Cc1ccccc1)N(Cc1ccc(Cl)cc1Cl)C(=O)CSCc1cccc(Cl)c1. The van der Waals surface area contributed by atoms with Gasteiger partial charge in [-0.1, -0.05) is 96.7 Å². The van der Waals surface area contributed by atoms with Crippen LogP contribution in [-0.2, 0) is 28.3 Å². The lowest BCUT2D eigenvalue weighted by Crippen LogP contribution is -2.51. The molecule has 0 radical (unpaired) electrons. The minimum atomic E-state index is -0.690. The number of amides is 2. The quantitative estimate of drug-likeness (QED) is 0.215. The van der Waals surface area contributed by atoms with E-state index in [1.807, 2.05) is 54.6 Å². The Labute approximate surface area is 238 Å². The Bertz CT molecular complexity index is 1180. The van der Waals surface area contributed by atoms with Crippen molar-refractivity contribution in [3.63, 3.8) is 0 Å². The molecule has 0 heterocycles. The fourth-order valence-electron chi connectivity index (χ4n) is 3.86. The van der Waals surface area contributed by atoms with E-state index in [2.05, 4.69) is 12.2 Å². The molecule has 0 aliphatic heterocycles. The van der Waals surface area contributed by atoms with Gasteiger partial charge in [0, 0.05) is 40.3 Å². The van der Waals surface area contributed by atoms with Crippen molar-refractivity contribution in [2.75, 3.05) is 12.3 Å². The van der Waals surface area contributed by atoms with Crippen LogP contribution in [0.25, 0.3) is 0 Å². The summed E-state index contributed by atoms with van der Waals surface area (Å²) in [7, 11) is 0. The second kappa shape index (κ2) is 15.3. The monoisotopic (exact) mass is 576 g/mol. The second-order valence-corrected chi connectivity index (χ2v) is 11.0. The van der Waals surface area contributed by atoms with Gasteiger partial charge >= 0.3 is 0 Å². The van der Waals surface area contributed by atoms with Crippen molar-refractivity contribution in [2.45, 2.75) is 44.5 Å². The van der Waals surface area contributed by atoms with E-state index < -0.39 is 6.04 Å². The molecule has 0 spiro atoms. The number of hydrogen-bond donors (Lipinski definition) is 1. The molecule has 3 rings (SSSR count). The van der Waals surface area contributed by atoms with Crippen molar-refractivity contribution in [1.82, 2.24) is 10.2 Å². The summed E-state index contributed by atoms with van der Waals surface area (Å²) < 4.78 is 0. The van der Waals surface area contributed by atoms with Crippen molar-refractivity contribution in [3.05, 3.63) is 105 Å². The number of nitrogens with zero attached hydrogens (tertiary/aromatic N) is 1. The number of carbonyl (C=O) groups is 2. The first-order chi connectivity index (χ1) is 17.9. The largest absolute Gasteiger partial charge is 0.354 e. The van der Waals surface area contributed by atoms with Crippen molar-refractivity contribution < 1.29 is 9.59 Å². The van der Waals surface area contributed by atoms with Gasteiger partial charge in [0.25, 0.3) is 0 Å². The number of thioether (sulfide) groups is 1. The van der Waals surface area contributed by atoms with E-state index in [4.69, 9.17) is 34.8 Å². The second-order valence-electron chi connectivity index (χ2n) is 8.73. The van der Waals surface area contributed by atoms with Crippen molar-refractivity contribution in [1.29, 1.82) is 0 Å². The molecule has 3 aromatic rings. The summed E-state index contributed by atoms with van der Waals surface area (Å²) in [5, 5.41) is 4.67. The zero-order valence-electron chi connectivity index (χ0n) is 20.8. The van der Waals surface area contributed by atoms with Gasteiger partial charge in [-0.05, 0) is 47.4 Å². The normalized spacial score (nSPS) is 11.7. The third-order valence-corrected chi connectivity index (χ3v) is 7.65. The molecule has 3 aromatic carbocycles. The Balaban J connectivity index is 1.86. The molecule has 0 aromatic heterocycles. The maximum atomic E-state index is 13.7. The number of unbranched alkanes of at least 4 members (excludes halogenated alkanes) is 1. The van der Waals surface area contributed by atoms with Crippen LogP contribution in [0.1, 0.15) is 36.5 Å². The molecular weight excluding hydrogens is 547 g/mol. The van der Waals surface area contributed by atoms with Crippen LogP contribution in [0.4, 0.5) is 0 Å². The molecule has 1 N–H and O–H groups in total. The number of carbonyl (C=O) groups excluding carboxylic acids is 2. The van der Waals surface area contributed by atoms with E-state index in [0.717, 1.165) is 29.5 Å². The maximum Gasteiger partial charge on any atom is 0.243 e. The number of benzene rings is 3. The molecule has 0 aliphatic rings. The molecule has 0 aliphatic carbocycles. The Morgan fingerprint density at radius 3 is 2.35 bits per heavy atom. The van der Waals surface area contributed by atoms with E-state index in [9.17, 15) is 9.59 Å². The van der Waals surface area contributed by atoms with Crippen LogP contribution in [0.5, 0.6) is 0 Å². The van der Waals surface area contributed by atoms with E-state index in [1.54, 1.807) is 23.1 Å². The Hall–Kier alpha value is -2.18. The summed E-state index contributed by atoms with van der Waals surface area (Å²) in [4.78, 5) is 28.8. The molecule has 0 saturated heterocycles.